The van der Waals surface area contributed by atoms with Crippen molar-refractivity contribution in [2.24, 2.45) is 0 Å². The van der Waals surface area contributed by atoms with E-state index in [0.29, 0.717) is 30.1 Å². The van der Waals surface area contributed by atoms with Crippen molar-refractivity contribution in [3.05, 3.63) is 46.6 Å². The van der Waals surface area contributed by atoms with Crippen molar-refractivity contribution in [3.63, 3.8) is 0 Å². The van der Waals surface area contributed by atoms with Crippen molar-refractivity contribution in [1.82, 2.24) is 0 Å². The van der Waals surface area contributed by atoms with Crippen LogP contribution in [0.25, 0.3) is 22.3 Å². The molecule has 0 aliphatic carbocycles. The monoisotopic (exact) mass is 412 g/mol. The second kappa shape index (κ2) is 7.55. The number of benzene rings is 2. The Morgan fingerprint density at radius 2 is 1.97 bits per heavy atom. The maximum Gasteiger partial charge on any atom is 0.238 e. The van der Waals surface area contributed by atoms with Crippen molar-refractivity contribution in [1.29, 1.82) is 0 Å². The Morgan fingerprint density at radius 3 is 2.70 bits per heavy atom. The van der Waals surface area contributed by atoms with E-state index in [1.807, 2.05) is 6.92 Å². The zero-order chi connectivity index (χ0) is 21.4. The van der Waals surface area contributed by atoms with Gasteiger partial charge in [0.2, 0.25) is 23.7 Å². The van der Waals surface area contributed by atoms with Crippen LogP contribution in [0.15, 0.2) is 45.6 Å². The zero-order valence-corrected chi connectivity index (χ0v) is 16.5. The molecule has 0 atom stereocenters. The Labute approximate surface area is 171 Å². The minimum absolute atomic E-state index is 0.0432. The molecule has 1 aliphatic rings. The van der Waals surface area contributed by atoms with Crippen LogP contribution in [0.2, 0.25) is 0 Å². The van der Waals surface area contributed by atoms with Gasteiger partial charge in [-0.2, -0.15) is 0 Å². The van der Waals surface area contributed by atoms with E-state index >= 15 is 0 Å². The van der Waals surface area contributed by atoms with Gasteiger partial charge in [0, 0.05) is 18.1 Å². The van der Waals surface area contributed by atoms with Gasteiger partial charge in [0.1, 0.15) is 11.1 Å². The predicted molar refractivity (Wildman–Crippen MR) is 109 cm³/mol. The number of aromatic hydroxyl groups is 2. The summed E-state index contributed by atoms with van der Waals surface area (Å²) in [6.45, 7) is 6.08. The van der Waals surface area contributed by atoms with E-state index < -0.39 is 16.9 Å². The highest BCUT2D eigenvalue weighted by molar-refractivity contribution is 5.93. The molecule has 8 nitrogen and oxygen atoms in total. The first-order chi connectivity index (χ1) is 14.4. The summed E-state index contributed by atoms with van der Waals surface area (Å²) in [6.07, 6.45) is 0.601. The number of fused-ring (bicyclic) bond motifs is 2. The minimum atomic E-state index is -0.798. The van der Waals surface area contributed by atoms with Crippen LogP contribution in [0, 0.1) is 0 Å². The van der Waals surface area contributed by atoms with Gasteiger partial charge in [0.15, 0.2) is 28.6 Å². The van der Waals surface area contributed by atoms with Crippen molar-refractivity contribution in [2.75, 3.05) is 20.5 Å². The van der Waals surface area contributed by atoms with E-state index in [2.05, 4.69) is 6.58 Å². The van der Waals surface area contributed by atoms with Crippen molar-refractivity contribution in [3.8, 4) is 45.8 Å². The third-order valence-corrected chi connectivity index (χ3v) is 4.67. The second-order valence-electron chi connectivity index (χ2n) is 6.86. The SMILES string of the molecule is C=C(C)CCOc1cc(O)c2c(=O)c(O)c(-c3ccc4c(c3)OCO4)oc2c1OC. The van der Waals surface area contributed by atoms with Crippen LogP contribution in [0.5, 0.6) is 34.5 Å². The number of phenols is 1. The summed E-state index contributed by atoms with van der Waals surface area (Å²) < 4.78 is 27.6. The molecule has 0 unspecified atom stereocenters. The molecule has 0 radical (unpaired) electrons. The van der Waals surface area contributed by atoms with Crippen LogP contribution in [0.3, 0.4) is 0 Å². The molecular weight excluding hydrogens is 392 g/mol. The van der Waals surface area contributed by atoms with Gasteiger partial charge in [-0.25, -0.2) is 0 Å². The van der Waals surface area contributed by atoms with Gasteiger partial charge in [0.25, 0.3) is 0 Å². The quantitative estimate of drug-likeness (QED) is 0.586. The smallest absolute Gasteiger partial charge is 0.238 e. The van der Waals surface area contributed by atoms with E-state index in [1.54, 1.807) is 18.2 Å². The molecule has 0 amide bonds. The van der Waals surface area contributed by atoms with Gasteiger partial charge in [-0.05, 0) is 25.1 Å². The fraction of sp³-hybridized carbons (Fsp3) is 0.227. The molecule has 1 aromatic heterocycles. The van der Waals surface area contributed by atoms with Gasteiger partial charge in [0.05, 0.1) is 13.7 Å². The Bertz CT molecular complexity index is 1210. The Kier molecular flexibility index (Phi) is 4.91. The lowest BCUT2D eigenvalue weighted by Gasteiger charge is -2.15. The van der Waals surface area contributed by atoms with Crippen LogP contribution in [-0.4, -0.2) is 30.7 Å². The van der Waals surface area contributed by atoms with Gasteiger partial charge >= 0.3 is 0 Å². The summed E-state index contributed by atoms with van der Waals surface area (Å²) in [7, 11) is 1.39. The highest BCUT2D eigenvalue weighted by Crippen LogP contribution is 2.44. The predicted octanol–water partition coefficient (Wildman–Crippen LogP) is 3.95. The van der Waals surface area contributed by atoms with E-state index in [1.165, 1.54) is 13.2 Å². The largest absolute Gasteiger partial charge is 0.507 e. The first kappa shape index (κ1) is 19.5. The number of rotatable bonds is 6. The molecule has 156 valence electrons. The van der Waals surface area contributed by atoms with Crippen LogP contribution in [0.1, 0.15) is 13.3 Å². The first-order valence-electron chi connectivity index (χ1n) is 9.17. The Morgan fingerprint density at radius 1 is 1.20 bits per heavy atom. The summed E-state index contributed by atoms with van der Waals surface area (Å²) >= 11 is 0. The normalized spacial score (nSPS) is 12.2. The van der Waals surface area contributed by atoms with Gasteiger partial charge in [-0.3, -0.25) is 4.79 Å². The average molecular weight is 412 g/mol. The highest BCUT2D eigenvalue weighted by Gasteiger charge is 2.25. The molecule has 2 heterocycles. The summed E-state index contributed by atoms with van der Waals surface area (Å²) in [5.74, 6) is 0.207. The minimum Gasteiger partial charge on any atom is -0.507 e. The Balaban J connectivity index is 1.90. The third-order valence-electron chi connectivity index (χ3n) is 4.67. The first-order valence-corrected chi connectivity index (χ1v) is 9.17. The molecule has 1 aliphatic heterocycles. The molecule has 0 bridgehead atoms. The maximum atomic E-state index is 12.8. The Hall–Kier alpha value is -3.81. The van der Waals surface area contributed by atoms with E-state index in [9.17, 15) is 15.0 Å². The fourth-order valence-corrected chi connectivity index (χ4v) is 3.16. The lowest BCUT2D eigenvalue weighted by molar-refractivity contribution is 0.174. The molecule has 0 saturated heterocycles. The highest BCUT2D eigenvalue weighted by atomic mass is 16.7. The molecule has 0 fully saturated rings. The molecule has 3 aromatic rings. The van der Waals surface area contributed by atoms with Crippen LogP contribution in [0.4, 0.5) is 0 Å². The molecule has 4 rings (SSSR count). The molecule has 2 aromatic carbocycles. The van der Waals surface area contributed by atoms with E-state index in [-0.39, 0.29) is 35.0 Å². The summed E-state index contributed by atoms with van der Waals surface area (Å²) in [5, 5.41) is 20.7. The second-order valence-corrected chi connectivity index (χ2v) is 6.86. The topological polar surface area (TPSA) is 108 Å². The van der Waals surface area contributed by atoms with Gasteiger partial charge in [-0.1, -0.05) is 5.57 Å². The summed E-state index contributed by atoms with van der Waals surface area (Å²) in [5.41, 5.74) is 0.484. The fourth-order valence-electron chi connectivity index (χ4n) is 3.16. The number of hydrogen-bond donors (Lipinski definition) is 2. The summed E-state index contributed by atoms with van der Waals surface area (Å²) in [6, 6.07) is 6.12. The number of hydrogen-bond acceptors (Lipinski definition) is 8. The molecule has 0 spiro atoms. The van der Waals surface area contributed by atoms with Crippen LogP contribution >= 0.6 is 0 Å². The number of methoxy groups -OCH3 is 1. The molecular formula is C22H20O8. The van der Waals surface area contributed by atoms with Gasteiger partial charge in [-0.15, -0.1) is 6.58 Å². The number of phenolic OH excluding ortho intramolecular Hbond substituents is 1. The van der Waals surface area contributed by atoms with Crippen molar-refractivity contribution < 1.29 is 33.6 Å². The standard InChI is InChI=1S/C22H20O8/c1-11(2)6-7-27-16-9-13(23)17-18(24)19(25)20(30-22(17)21(16)26-3)12-4-5-14-15(8-12)29-10-28-14/h4-5,8-9,23,25H,1,6-7,10H2,2-3H3. The maximum absolute atomic E-state index is 12.8. The molecule has 8 heteroatoms. The zero-order valence-electron chi connectivity index (χ0n) is 16.5. The molecule has 2 N–H and O–H groups in total. The summed E-state index contributed by atoms with van der Waals surface area (Å²) in [4.78, 5) is 12.8. The molecule has 30 heavy (non-hydrogen) atoms. The van der Waals surface area contributed by atoms with Gasteiger partial charge < -0.3 is 33.6 Å². The van der Waals surface area contributed by atoms with Crippen LogP contribution in [-0.2, 0) is 0 Å². The third kappa shape index (κ3) is 3.26. The van der Waals surface area contributed by atoms with Crippen molar-refractivity contribution in [2.45, 2.75) is 13.3 Å². The van der Waals surface area contributed by atoms with E-state index in [4.69, 9.17) is 23.4 Å². The number of ether oxygens (including phenoxy) is 4. The lowest BCUT2D eigenvalue weighted by atomic mass is 10.1. The van der Waals surface area contributed by atoms with Crippen molar-refractivity contribution >= 4 is 11.0 Å². The average Bonchev–Trinajstić information content (AvgIpc) is 3.18. The van der Waals surface area contributed by atoms with E-state index in [0.717, 1.165) is 5.57 Å². The van der Waals surface area contributed by atoms with Crippen LogP contribution < -0.4 is 24.4 Å². The lowest BCUT2D eigenvalue weighted by Crippen LogP contribution is -2.06. The molecule has 0 saturated carbocycles.